The lowest BCUT2D eigenvalue weighted by Crippen LogP contribution is -2.11. The van der Waals surface area contributed by atoms with Crippen LogP contribution >= 0.6 is 23.1 Å². The second-order valence-corrected chi connectivity index (χ2v) is 8.26. The van der Waals surface area contributed by atoms with E-state index in [4.69, 9.17) is 9.47 Å². The molecule has 2 aromatic carbocycles. The maximum atomic E-state index is 12.2. The number of thioether (sulfide) groups is 1. The molecule has 0 radical (unpaired) electrons. The van der Waals surface area contributed by atoms with Gasteiger partial charge in [-0.1, -0.05) is 6.92 Å². The second-order valence-electron chi connectivity index (χ2n) is 6.23. The maximum Gasteiger partial charge on any atom is 0.226 e. The molecule has 1 N–H and O–H groups in total. The number of carbonyl (C=O) groups excluding carboxylic acids is 1. The Morgan fingerprint density at radius 1 is 1.10 bits per heavy atom. The van der Waals surface area contributed by atoms with E-state index in [0.29, 0.717) is 23.9 Å². The van der Waals surface area contributed by atoms with Crippen molar-refractivity contribution in [3.8, 4) is 22.8 Å². The summed E-state index contributed by atoms with van der Waals surface area (Å²) in [6, 6.07) is 15.7. The number of amides is 1. The number of benzene rings is 2. The van der Waals surface area contributed by atoms with E-state index < -0.39 is 0 Å². The van der Waals surface area contributed by atoms with Crippen molar-refractivity contribution in [1.82, 2.24) is 4.98 Å². The topological polar surface area (TPSA) is 60.5 Å². The van der Waals surface area contributed by atoms with Crippen LogP contribution < -0.4 is 14.8 Å². The van der Waals surface area contributed by atoms with Crippen LogP contribution in [0.3, 0.4) is 0 Å². The Labute approximate surface area is 179 Å². The minimum Gasteiger partial charge on any atom is -0.497 e. The van der Waals surface area contributed by atoms with Gasteiger partial charge in [0, 0.05) is 28.0 Å². The summed E-state index contributed by atoms with van der Waals surface area (Å²) in [6.07, 6.45) is 1.41. The lowest BCUT2D eigenvalue weighted by atomic mass is 10.2. The van der Waals surface area contributed by atoms with Gasteiger partial charge in [-0.2, -0.15) is 0 Å². The summed E-state index contributed by atoms with van der Waals surface area (Å²) < 4.78 is 10.7. The number of thiazole rings is 1. The first-order valence-corrected chi connectivity index (χ1v) is 11.3. The third-order valence-electron chi connectivity index (χ3n) is 4.03. The Kier molecular flexibility index (Phi) is 7.95. The zero-order valence-corrected chi connectivity index (χ0v) is 18.1. The van der Waals surface area contributed by atoms with Crippen LogP contribution in [-0.4, -0.2) is 30.4 Å². The number of hydrogen-bond donors (Lipinski definition) is 1. The van der Waals surface area contributed by atoms with Gasteiger partial charge in [0.25, 0.3) is 0 Å². The minimum absolute atomic E-state index is 0.0322. The number of nitrogens with zero attached hydrogens (tertiary/aromatic N) is 1. The smallest absolute Gasteiger partial charge is 0.226 e. The van der Waals surface area contributed by atoms with Gasteiger partial charge in [-0.15, -0.1) is 23.1 Å². The molecule has 7 heteroatoms. The fourth-order valence-corrected chi connectivity index (χ4v) is 4.11. The SMILES string of the molecule is CCCOc1ccc(-c2csc(NC(=O)CCSc3ccc(OC)cc3)n2)cc1. The zero-order chi connectivity index (χ0) is 20.5. The van der Waals surface area contributed by atoms with Crippen LogP contribution in [0, 0.1) is 0 Å². The average Bonchev–Trinajstić information content (AvgIpc) is 3.21. The number of carbonyl (C=O) groups is 1. The highest BCUT2D eigenvalue weighted by molar-refractivity contribution is 7.99. The molecule has 3 rings (SSSR count). The van der Waals surface area contributed by atoms with Crippen LogP contribution in [0.25, 0.3) is 11.3 Å². The van der Waals surface area contributed by atoms with Gasteiger partial charge in [-0.3, -0.25) is 4.79 Å². The Bertz CT molecular complexity index is 909. The monoisotopic (exact) mass is 428 g/mol. The predicted octanol–water partition coefficient (Wildman–Crippen LogP) is 5.73. The predicted molar refractivity (Wildman–Crippen MR) is 120 cm³/mol. The first kappa shape index (κ1) is 21.2. The van der Waals surface area contributed by atoms with E-state index >= 15 is 0 Å². The molecule has 5 nitrogen and oxygen atoms in total. The summed E-state index contributed by atoms with van der Waals surface area (Å²) in [5, 5.41) is 5.45. The van der Waals surface area contributed by atoms with Crippen LogP contribution in [0.4, 0.5) is 5.13 Å². The highest BCUT2D eigenvalue weighted by Crippen LogP contribution is 2.27. The second kappa shape index (κ2) is 10.9. The van der Waals surface area contributed by atoms with Crippen LogP contribution in [0.15, 0.2) is 58.8 Å². The van der Waals surface area contributed by atoms with Crippen molar-refractivity contribution in [1.29, 1.82) is 0 Å². The number of aromatic nitrogens is 1. The molecule has 0 aliphatic heterocycles. The van der Waals surface area contributed by atoms with Crippen molar-refractivity contribution in [2.45, 2.75) is 24.7 Å². The van der Waals surface area contributed by atoms with Crippen molar-refractivity contribution >= 4 is 34.1 Å². The van der Waals surface area contributed by atoms with Crippen LogP contribution in [0.5, 0.6) is 11.5 Å². The van der Waals surface area contributed by atoms with Crippen LogP contribution in [0.1, 0.15) is 19.8 Å². The van der Waals surface area contributed by atoms with Crippen LogP contribution in [0.2, 0.25) is 0 Å². The van der Waals surface area contributed by atoms with Gasteiger partial charge >= 0.3 is 0 Å². The van der Waals surface area contributed by atoms with E-state index in [-0.39, 0.29) is 5.91 Å². The first-order chi connectivity index (χ1) is 14.2. The molecule has 0 saturated heterocycles. The van der Waals surface area contributed by atoms with Gasteiger partial charge < -0.3 is 14.8 Å². The third kappa shape index (κ3) is 6.51. The molecule has 1 amide bonds. The number of ether oxygens (including phenoxy) is 2. The lowest BCUT2D eigenvalue weighted by Gasteiger charge is -2.05. The summed E-state index contributed by atoms with van der Waals surface area (Å²) in [7, 11) is 1.65. The highest BCUT2D eigenvalue weighted by atomic mass is 32.2. The number of nitrogens with one attached hydrogen (secondary N) is 1. The standard InChI is InChI=1S/C22H24N2O3S2/c1-3-13-27-18-6-4-16(5-7-18)20-15-29-22(23-20)24-21(25)12-14-28-19-10-8-17(26-2)9-11-19/h4-11,15H,3,12-14H2,1-2H3,(H,23,24,25). The fourth-order valence-electron chi connectivity index (χ4n) is 2.52. The molecule has 0 aliphatic rings. The summed E-state index contributed by atoms with van der Waals surface area (Å²) >= 11 is 3.07. The molecule has 0 fully saturated rings. The normalized spacial score (nSPS) is 10.6. The molecular formula is C22H24N2O3S2. The van der Waals surface area contributed by atoms with Crippen LogP contribution in [-0.2, 0) is 4.79 Å². The van der Waals surface area contributed by atoms with Crippen molar-refractivity contribution < 1.29 is 14.3 Å². The van der Waals surface area contributed by atoms with Gasteiger partial charge in [0.05, 0.1) is 19.4 Å². The summed E-state index contributed by atoms with van der Waals surface area (Å²) in [5.41, 5.74) is 1.85. The highest BCUT2D eigenvalue weighted by Gasteiger charge is 2.09. The molecule has 1 aromatic heterocycles. The minimum atomic E-state index is -0.0322. The van der Waals surface area contributed by atoms with E-state index in [0.717, 1.165) is 34.1 Å². The quantitative estimate of drug-likeness (QED) is 0.418. The lowest BCUT2D eigenvalue weighted by molar-refractivity contribution is -0.115. The fraction of sp³-hybridized carbons (Fsp3) is 0.273. The number of anilines is 1. The Morgan fingerprint density at radius 2 is 1.83 bits per heavy atom. The molecule has 3 aromatic rings. The molecule has 152 valence electrons. The molecule has 0 bridgehead atoms. The van der Waals surface area contributed by atoms with E-state index in [1.165, 1.54) is 11.3 Å². The van der Waals surface area contributed by atoms with Crippen molar-refractivity contribution in [3.05, 3.63) is 53.9 Å². The first-order valence-electron chi connectivity index (χ1n) is 9.43. The number of methoxy groups -OCH3 is 1. The van der Waals surface area contributed by atoms with Crippen molar-refractivity contribution in [2.75, 3.05) is 24.8 Å². The Morgan fingerprint density at radius 3 is 2.52 bits per heavy atom. The largest absolute Gasteiger partial charge is 0.497 e. The van der Waals surface area contributed by atoms with Gasteiger partial charge in [-0.25, -0.2) is 4.98 Å². The molecule has 0 saturated carbocycles. The molecule has 29 heavy (non-hydrogen) atoms. The van der Waals surface area contributed by atoms with E-state index in [2.05, 4.69) is 17.2 Å². The molecule has 0 aliphatic carbocycles. The average molecular weight is 429 g/mol. The van der Waals surface area contributed by atoms with E-state index in [1.54, 1.807) is 18.9 Å². The van der Waals surface area contributed by atoms with Gasteiger partial charge in [-0.05, 0) is 55.0 Å². The van der Waals surface area contributed by atoms with Crippen molar-refractivity contribution in [3.63, 3.8) is 0 Å². The molecule has 0 atom stereocenters. The summed E-state index contributed by atoms with van der Waals surface area (Å²) in [6.45, 7) is 2.79. The maximum absolute atomic E-state index is 12.2. The Hall–Kier alpha value is -2.51. The van der Waals surface area contributed by atoms with Gasteiger partial charge in [0.1, 0.15) is 11.5 Å². The molecule has 1 heterocycles. The van der Waals surface area contributed by atoms with E-state index in [9.17, 15) is 4.79 Å². The Balaban J connectivity index is 1.46. The van der Waals surface area contributed by atoms with Crippen molar-refractivity contribution in [2.24, 2.45) is 0 Å². The van der Waals surface area contributed by atoms with Gasteiger partial charge in [0.15, 0.2) is 5.13 Å². The molecule has 0 unspecified atom stereocenters. The number of rotatable bonds is 10. The van der Waals surface area contributed by atoms with E-state index in [1.807, 2.05) is 53.9 Å². The molecular weight excluding hydrogens is 404 g/mol. The van der Waals surface area contributed by atoms with Gasteiger partial charge in [0.2, 0.25) is 5.91 Å². The zero-order valence-electron chi connectivity index (χ0n) is 16.5. The summed E-state index contributed by atoms with van der Waals surface area (Å²) in [4.78, 5) is 17.8. The number of hydrogen-bond acceptors (Lipinski definition) is 6. The summed E-state index contributed by atoms with van der Waals surface area (Å²) in [5.74, 6) is 2.36. The third-order valence-corrected chi connectivity index (χ3v) is 5.80. The molecule has 0 spiro atoms.